The van der Waals surface area contributed by atoms with Gasteiger partial charge in [-0.25, -0.2) is 0 Å². The van der Waals surface area contributed by atoms with Gasteiger partial charge in [0.25, 0.3) is 5.91 Å². The van der Waals surface area contributed by atoms with Crippen LogP contribution in [0.3, 0.4) is 0 Å². The summed E-state index contributed by atoms with van der Waals surface area (Å²) in [6.45, 7) is 9.01. The third-order valence-electron chi connectivity index (χ3n) is 3.09. The molecule has 2 heteroatoms. The lowest BCUT2D eigenvalue weighted by molar-refractivity contribution is -0.116. The van der Waals surface area contributed by atoms with Crippen molar-refractivity contribution in [2.24, 2.45) is 5.41 Å². The fourth-order valence-corrected chi connectivity index (χ4v) is 1.70. The minimum absolute atomic E-state index is 0.0567. The standard InChI is InChI=1S/C12H15NO.C2H6/c1-3-12(2)6-4-9-8-13-11(14)10(9)5-7-12;1-2/h4-7H,3,8H2,1-2H3,(H,13,14);1-2H3. The molecular formula is C14H21NO. The molecular weight excluding hydrogens is 198 g/mol. The summed E-state index contributed by atoms with van der Waals surface area (Å²) in [5.74, 6) is 0.0567. The summed E-state index contributed by atoms with van der Waals surface area (Å²) in [5.41, 5.74) is 2.05. The zero-order chi connectivity index (χ0) is 12.2. The second-order valence-electron chi connectivity index (χ2n) is 4.15. The van der Waals surface area contributed by atoms with Gasteiger partial charge in [-0.05, 0) is 12.0 Å². The van der Waals surface area contributed by atoms with Crippen LogP contribution in [0.15, 0.2) is 35.5 Å². The lowest BCUT2D eigenvalue weighted by Gasteiger charge is -2.18. The van der Waals surface area contributed by atoms with Gasteiger partial charge in [0, 0.05) is 17.5 Å². The van der Waals surface area contributed by atoms with Crippen LogP contribution in [0.5, 0.6) is 0 Å². The summed E-state index contributed by atoms with van der Waals surface area (Å²) >= 11 is 0. The second-order valence-corrected chi connectivity index (χ2v) is 4.15. The number of carbonyl (C=O) groups is 1. The molecule has 1 amide bonds. The first-order valence-corrected chi connectivity index (χ1v) is 6.04. The van der Waals surface area contributed by atoms with Gasteiger partial charge in [-0.15, -0.1) is 0 Å². The first-order valence-electron chi connectivity index (χ1n) is 6.04. The zero-order valence-corrected chi connectivity index (χ0v) is 10.6. The van der Waals surface area contributed by atoms with Gasteiger partial charge in [0.05, 0.1) is 0 Å². The summed E-state index contributed by atoms with van der Waals surface area (Å²) in [6, 6.07) is 0. The van der Waals surface area contributed by atoms with Crippen LogP contribution >= 0.6 is 0 Å². The van der Waals surface area contributed by atoms with Crippen LogP contribution in [0.25, 0.3) is 0 Å². The Balaban J connectivity index is 0.000000606. The van der Waals surface area contributed by atoms with Crippen molar-refractivity contribution in [2.45, 2.75) is 34.1 Å². The summed E-state index contributed by atoms with van der Waals surface area (Å²) < 4.78 is 0. The molecule has 2 nitrogen and oxygen atoms in total. The number of amides is 1. The molecule has 0 bridgehead atoms. The van der Waals surface area contributed by atoms with Crippen molar-refractivity contribution in [1.82, 2.24) is 5.32 Å². The van der Waals surface area contributed by atoms with Crippen molar-refractivity contribution in [3.8, 4) is 0 Å². The van der Waals surface area contributed by atoms with Gasteiger partial charge in [0.2, 0.25) is 0 Å². The van der Waals surface area contributed by atoms with Crippen LogP contribution in [0.2, 0.25) is 0 Å². The molecule has 0 fully saturated rings. The SMILES string of the molecule is CC.CCC1(C)C=CC2=C(C=C1)C(=O)NC2. The molecule has 1 atom stereocenters. The number of carbonyl (C=O) groups excluding carboxylic acids is 1. The molecule has 1 unspecified atom stereocenters. The van der Waals surface area contributed by atoms with E-state index in [1.807, 2.05) is 19.9 Å². The van der Waals surface area contributed by atoms with Crippen LogP contribution < -0.4 is 5.32 Å². The largest absolute Gasteiger partial charge is 0.348 e. The second kappa shape index (κ2) is 5.15. The molecule has 2 rings (SSSR count). The number of hydrogen-bond donors (Lipinski definition) is 1. The monoisotopic (exact) mass is 219 g/mol. The highest BCUT2D eigenvalue weighted by atomic mass is 16.1. The highest BCUT2D eigenvalue weighted by molar-refractivity contribution is 6.00. The lowest BCUT2D eigenvalue weighted by atomic mass is 9.87. The third kappa shape index (κ3) is 2.43. The molecule has 1 heterocycles. The fraction of sp³-hybridized carbons (Fsp3) is 0.500. The molecule has 88 valence electrons. The molecule has 1 aliphatic carbocycles. The van der Waals surface area contributed by atoms with Crippen molar-refractivity contribution in [3.05, 3.63) is 35.5 Å². The fourth-order valence-electron chi connectivity index (χ4n) is 1.70. The van der Waals surface area contributed by atoms with Crippen molar-refractivity contribution in [3.63, 3.8) is 0 Å². The van der Waals surface area contributed by atoms with Crippen molar-refractivity contribution < 1.29 is 4.79 Å². The van der Waals surface area contributed by atoms with Gasteiger partial charge in [-0.2, -0.15) is 0 Å². The smallest absolute Gasteiger partial charge is 0.251 e. The van der Waals surface area contributed by atoms with Gasteiger partial charge in [-0.1, -0.05) is 52.0 Å². The van der Waals surface area contributed by atoms with E-state index in [0.29, 0.717) is 6.54 Å². The van der Waals surface area contributed by atoms with E-state index in [9.17, 15) is 4.79 Å². The maximum atomic E-state index is 11.4. The molecule has 0 aromatic carbocycles. The normalized spacial score (nSPS) is 26.9. The first-order chi connectivity index (χ1) is 7.64. The lowest BCUT2D eigenvalue weighted by Crippen LogP contribution is -2.17. The first kappa shape index (κ1) is 12.8. The molecule has 0 radical (unpaired) electrons. The Morgan fingerprint density at radius 1 is 1.31 bits per heavy atom. The Morgan fingerprint density at radius 2 is 1.94 bits per heavy atom. The molecule has 0 spiro atoms. The van der Waals surface area contributed by atoms with Crippen molar-refractivity contribution in [1.29, 1.82) is 0 Å². The molecule has 0 aromatic rings. The molecule has 0 saturated heterocycles. The van der Waals surface area contributed by atoms with E-state index in [4.69, 9.17) is 0 Å². The molecule has 0 saturated carbocycles. The molecule has 1 N–H and O–H groups in total. The highest BCUT2D eigenvalue weighted by Gasteiger charge is 2.23. The van der Waals surface area contributed by atoms with E-state index in [2.05, 4.69) is 37.4 Å². The van der Waals surface area contributed by atoms with Gasteiger partial charge < -0.3 is 5.32 Å². The van der Waals surface area contributed by atoms with E-state index in [1.54, 1.807) is 0 Å². The van der Waals surface area contributed by atoms with Gasteiger partial charge >= 0.3 is 0 Å². The average Bonchev–Trinajstić information content (AvgIpc) is 2.58. The van der Waals surface area contributed by atoms with E-state index in [1.165, 1.54) is 0 Å². The van der Waals surface area contributed by atoms with Gasteiger partial charge in [0.1, 0.15) is 0 Å². The summed E-state index contributed by atoms with van der Waals surface area (Å²) in [4.78, 5) is 11.4. The predicted molar refractivity (Wildman–Crippen MR) is 68.1 cm³/mol. The number of hydrogen-bond acceptors (Lipinski definition) is 1. The van der Waals surface area contributed by atoms with Crippen LogP contribution in [0.1, 0.15) is 34.1 Å². The molecule has 2 aliphatic rings. The topological polar surface area (TPSA) is 29.1 Å². The maximum absolute atomic E-state index is 11.4. The predicted octanol–water partition coefficient (Wildman–Crippen LogP) is 2.98. The Hall–Kier alpha value is -1.31. The Kier molecular flexibility index (Phi) is 4.11. The Morgan fingerprint density at radius 3 is 2.56 bits per heavy atom. The summed E-state index contributed by atoms with van der Waals surface area (Å²) in [5, 5.41) is 2.82. The average molecular weight is 219 g/mol. The van der Waals surface area contributed by atoms with Crippen LogP contribution in [0, 0.1) is 5.41 Å². The maximum Gasteiger partial charge on any atom is 0.251 e. The highest BCUT2D eigenvalue weighted by Crippen LogP contribution is 2.30. The van der Waals surface area contributed by atoms with E-state index in [-0.39, 0.29) is 11.3 Å². The number of allylic oxidation sites excluding steroid dienone is 2. The number of rotatable bonds is 1. The Bertz CT molecular complexity index is 363. The van der Waals surface area contributed by atoms with Crippen LogP contribution in [-0.2, 0) is 4.79 Å². The third-order valence-corrected chi connectivity index (χ3v) is 3.09. The molecule has 16 heavy (non-hydrogen) atoms. The van der Waals surface area contributed by atoms with Crippen molar-refractivity contribution in [2.75, 3.05) is 6.54 Å². The van der Waals surface area contributed by atoms with Gasteiger partial charge in [0.15, 0.2) is 0 Å². The van der Waals surface area contributed by atoms with E-state index >= 15 is 0 Å². The van der Waals surface area contributed by atoms with Gasteiger partial charge in [-0.3, -0.25) is 4.79 Å². The molecule has 1 aliphatic heterocycles. The minimum atomic E-state index is 0.0567. The number of nitrogens with one attached hydrogen (secondary N) is 1. The molecule has 0 aromatic heterocycles. The summed E-state index contributed by atoms with van der Waals surface area (Å²) in [7, 11) is 0. The quantitative estimate of drug-likeness (QED) is 0.721. The van der Waals surface area contributed by atoms with Crippen LogP contribution in [-0.4, -0.2) is 12.5 Å². The Labute approximate surface area is 98.1 Å². The van der Waals surface area contributed by atoms with Crippen LogP contribution in [0.4, 0.5) is 0 Å². The zero-order valence-electron chi connectivity index (χ0n) is 10.6. The van der Waals surface area contributed by atoms with E-state index < -0.39 is 0 Å². The van der Waals surface area contributed by atoms with Crippen molar-refractivity contribution >= 4 is 5.91 Å². The van der Waals surface area contributed by atoms with E-state index in [0.717, 1.165) is 17.6 Å². The minimum Gasteiger partial charge on any atom is -0.348 e. The summed E-state index contributed by atoms with van der Waals surface area (Å²) in [6.07, 6.45) is 9.41.